The van der Waals surface area contributed by atoms with Gasteiger partial charge >= 0.3 is 0 Å². The van der Waals surface area contributed by atoms with Crippen molar-refractivity contribution in [2.75, 3.05) is 12.8 Å². The Morgan fingerprint density at radius 1 is 1.18 bits per heavy atom. The Bertz CT molecular complexity index is 532. The molecule has 17 heavy (non-hydrogen) atoms. The van der Waals surface area contributed by atoms with E-state index in [-0.39, 0.29) is 0 Å². The molecular weight excluding hydrogens is 284 g/mol. The number of aromatic nitrogens is 1. The zero-order chi connectivity index (χ0) is 12.3. The highest BCUT2D eigenvalue weighted by molar-refractivity contribution is 9.10. The lowest BCUT2D eigenvalue weighted by Crippen LogP contribution is -1.93. The molecule has 2 N–H and O–H groups in total. The van der Waals surface area contributed by atoms with Crippen LogP contribution in [-0.4, -0.2) is 12.1 Å². The molecule has 0 fully saturated rings. The topological polar surface area (TPSA) is 57.4 Å². The molecule has 1 heterocycles. The molecule has 2 aromatic rings. The van der Waals surface area contributed by atoms with Crippen molar-refractivity contribution in [1.29, 1.82) is 0 Å². The molecular formula is C12H11BrN2O2. The van der Waals surface area contributed by atoms with Gasteiger partial charge in [-0.05, 0) is 34.1 Å². The molecule has 4 nitrogen and oxygen atoms in total. The molecule has 0 aliphatic rings. The van der Waals surface area contributed by atoms with Gasteiger partial charge < -0.3 is 15.2 Å². The summed E-state index contributed by atoms with van der Waals surface area (Å²) in [5.41, 5.74) is 6.29. The molecule has 0 spiro atoms. The summed E-state index contributed by atoms with van der Waals surface area (Å²) >= 11 is 3.33. The maximum atomic E-state index is 5.72. The van der Waals surface area contributed by atoms with Gasteiger partial charge in [-0.15, -0.1) is 0 Å². The summed E-state index contributed by atoms with van der Waals surface area (Å²) in [6, 6.07) is 7.07. The van der Waals surface area contributed by atoms with E-state index in [9.17, 15) is 0 Å². The van der Waals surface area contributed by atoms with Gasteiger partial charge in [0.2, 0.25) is 0 Å². The summed E-state index contributed by atoms with van der Waals surface area (Å²) in [5, 5.41) is 0. The van der Waals surface area contributed by atoms with E-state index < -0.39 is 0 Å². The van der Waals surface area contributed by atoms with Crippen LogP contribution in [0.5, 0.6) is 17.2 Å². The lowest BCUT2D eigenvalue weighted by atomic mass is 10.3. The van der Waals surface area contributed by atoms with Crippen molar-refractivity contribution < 1.29 is 9.47 Å². The summed E-state index contributed by atoms with van der Waals surface area (Å²) in [6.07, 6.45) is 3.32. The molecule has 5 heteroatoms. The Kier molecular flexibility index (Phi) is 3.49. The number of nitrogens with zero attached hydrogens (tertiary/aromatic N) is 1. The number of rotatable bonds is 3. The van der Waals surface area contributed by atoms with Crippen LogP contribution in [0.1, 0.15) is 0 Å². The number of anilines is 1. The quantitative estimate of drug-likeness (QED) is 0.883. The van der Waals surface area contributed by atoms with Crippen LogP contribution in [0.15, 0.2) is 41.1 Å². The van der Waals surface area contributed by atoms with E-state index in [4.69, 9.17) is 15.2 Å². The molecule has 0 atom stereocenters. The highest BCUT2D eigenvalue weighted by atomic mass is 79.9. The number of benzene rings is 1. The summed E-state index contributed by atoms with van der Waals surface area (Å²) in [5.74, 6) is 1.88. The molecule has 0 radical (unpaired) electrons. The van der Waals surface area contributed by atoms with Crippen molar-refractivity contribution in [2.24, 2.45) is 0 Å². The zero-order valence-electron chi connectivity index (χ0n) is 9.18. The van der Waals surface area contributed by atoms with E-state index in [1.807, 2.05) is 6.07 Å². The van der Waals surface area contributed by atoms with Crippen molar-refractivity contribution in [1.82, 2.24) is 4.98 Å². The Hall–Kier alpha value is -1.75. The van der Waals surface area contributed by atoms with Crippen LogP contribution in [0.25, 0.3) is 0 Å². The van der Waals surface area contributed by atoms with Crippen LogP contribution in [0.2, 0.25) is 0 Å². The molecule has 0 aliphatic carbocycles. The van der Waals surface area contributed by atoms with Gasteiger partial charge in [-0.2, -0.15) is 0 Å². The monoisotopic (exact) mass is 294 g/mol. The second-order valence-corrected chi connectivity index (χ2v) is 4.26. The maximum Gasteiger partial charge on any atom is 0.146 e. The molecule has 1 aromatic heterocycles. The lowest BCUT2D eigenvalue weighted by molar-refractivity contribution is 0.411. The number of methoxy groups -OCH3 is 1. The van der Waals surface area contributed by atoms with Gasteiger partial charge in [-0.25, -0.2) is 0 Å². The Labute approximate surface area is 108 Å². The third kappa shape index (κ3) is 2.88. The predicted octanol–water partition coefficient (Wildman–Crippen LogP) is 3.23. The number of ether oxygens (including phenoxy) is 2. The van der Waals surface area contributed by atoms with E-state index in [1.165, 1.54) is 0 Å². The number of halogens is 1. The fourth-order valence-corrected chi connectivity index (χ4v) is 1.68. The predicted molar refractivity (Wildman–Crippen MR) is 69.4 cm³/mol. The van der Waals surface area contributed by atoms with Gasteiger partial charge in [0.25, 0.3) is 0 Å². The lowest BCUT2D eigenvalue weighted by Gasteiger charge is -2.09. The second-order valence-electron chi connectivity index (χ2n) is 3.34. The molecule has 0 bridgehead atoms. The molecule has 0 unspecified atom stereocenters. The second kappa shape index (κ2) is 5.05. The van der Waals surface area contributed by atoms with E-state index in [0.29, 0.717) is 22.9 Å². The zero-order valence-corrected chi connectivity index (χ0v) is 10.8. The minimum absolute atomic E-state index is 0.576. The van der Waals surface area contributed by atoms with Gasteiger partial charge in [0, 0.05) is 16.7 Å². The molecule has 0 saturated heterocycles. The normalized spacial score (nSPS) is 10.0. The SMILES string of the molecule is COc1cc(Oc2cncc(Br)c2)ccc1N. The Morgan fingerprint density at radius 2 is 2.00 bits per heavy atom. The third-order valence-electron chi connectivity index (χ3n) is 2.12. The van der Waals surface area contributed by atoms with E-state index >= 15 is 0 Å². The smallest absolute Gasteiger partial charge is 0.146 e. The average Bonchev–Trinajstić information content (AvgIpc) is 2.32. The first-order valence-corrected chi connectivity index (χ1v) is 5.70. The number of hydrogen-bond acceptors (Lipinski definition) is 4. The maximum absolute atomic E-state index is 5.72. The van der Waals surface area contributed by atoms with E-state index in [0.717, 1.165) is 4.47 Å². The highest BCUT2D eigenvalue weighted by Crippen LogP contribution is 2.30. The average molecular weight is 295 g/mol. The summed E-state index contributed by atoms with van der Waals surface area (Å²) in [6.45, 7) is 0. The first-order valence-electron chi connectivity index (χ1n) is 4.91. The van der Waals surface area contributed by atoms with Crippen molar-refractivity contribution in [2.45, 2.75) is 0 Å². The molecule has 88 valence electrons. The number of hydrogen-bond donors (Lipinski definition) is 1. The van der Waals surface area contributed by atoms with Gasteiger partial charge in [-0.1, -0.05) is 0 Å². The van der Waals surface area contributed by atoms with Crippen LogP contribution < -0.4 is 15.2 Å². The van der Waals surface area contributed by atoms with Crippen molar-refractivity contribution in [3.8, 4) is 17.2 Å². The highest BCUT2D eigenvalue weighted by Gasteiger charge is 2.03. The van der Waals surface area contributed by atoms with Gasteiger partial charge in [0.05, 0.1) is 19.0 Å². The summed E-state index contributed by atoms with van der Waals surface area (Å²) in [4.78, 5) is 4.01. The number of pyridine rings is 1. The fourth-order valence-electron chi connectivity index (χ4n) is 1.34. The minimum Gasteiger partial charge on any atom is -0.494 e. The summed E-state index contributed by atoms with van der Waals surface area (Å²) in [7, 11) is 1.57. The number of nitrogen functional groups attached to an aromatic ring is 1. The fraction of sp³-hybridized carbons (Fsp3) is 0.0833. The molecule has 0 amide bonds. The first-order chi connectivity index (χ1) is 8.19. The molecule has 0 saturated carbocycles. The van der Waals surface area contributed by atoms with Crippen molar-refractivity contribution in [3.05, 3.63) is 41.1 Å². The first kappa shape index (κ1) is 11.7. The van der Waals surface area contributed by atoms with E-state index in [2.05, 4.69) is 20.9 Å². The van der Waals surface area contributed by atoms with E-state index in [1.54, 1.807) is 37.7 Å². The van der Waals surface area contributed by atoms with Crippen LogP contribution in [0.4, 0.5) is 5.69 Å². The standard InChI is InChI=1S/C12H11BrN2O2/c1-16-12-5-9(2-3-11(12)14)17-10-4-8(13)6-15-7-10/h2-7H,14H2,1H3. The van der Waals surface area contributed by atoms with Crippen LogP contribution in [0.3, 0.4) is 0 Å². The molecule has 0 aliphatic heterocycles. The van der Waals surface area contributed by atoms with Crippen molar-refractivity contribution >= 4 is 21.6 Å². The number of nitrogens with two attached hydrogens (primary N) is 1. The Morgan fingerprint density at radius 3 is 2.71 bits per heavy atom. The largest absolute Gasteiger partial charge is 0.494 e. The van der Waals surface area contributed by atoms with Crippen LogP contribution in [0, 0.1) is 0 Å². The summed E-state index contributed by atoms with van der Waals surface area (Å²) < 4.78 is 11.6. The van der Waals surface area contributed by atoms with Gasteiger partial charge in [-0.3, -0.25) is 4.98 Å². The van der Waals surface area contributed by atoms with Gasteiger partial charge in [0.1, 0.15) is 17.2 Å². The van der Waals surface area contributed by atoms with Gasteiger partial charge in [0.15, 0.2) is 0 Å². The molecule has 2 rings (SSSR count). The third-order valence-corrected chi connectivity index (χ3v) is 2.55. The molecule has 1 aromatic carbocycles. The van der Waals surface area contributed by atoms with Crippen molar-refractivity contribution in [3.63, 3.8) is 0 Å². The van der Waals surface area contributed by atoms with Crippen LogP contribution >= 0.6 is 15.9 Å². The van der Waals surface area contributed by atoms with Crippen LogP contribution in [-0.2, 0) is 0 Å². The minimum atomic E-state index is 0.576. The Balaban J connectivity index is 2.24.